The van der Waals surface area contributed by atoms with Gasteiger partial charge in [-0.15, -0.1) is 0 Å². The summed E-state index contributed by atoms with van der Waals surface area (Å²) in [7, 11) is -4.67. The van der Waals surface area contributed by atoms with Crippen molar-refractivity contribution in [1.82, 2.24) is 0 Å². The molecular formula is H8O4PbSSiTi. The molecule has 50 valence electrons. The molecule has 0 unspecified atom stereocenters. The Balaban J connectivity index is -0.0000000267. The van der Waals surface area contributed by atoms with E-state index in [2.05, 4.69) is 0 Å². The summed E-state index contributed by atoms with van der Waals surface area (Å²) in [4.78, 5) is 0. The Morgan fingerprint density at radius 2 is 1.12 bits per heavy atom. The van der Waals surface area contributed by atoms with Crippen LogP contribution in [0.3, 0.4) is 0 Å². The molecule has 0 aliphatic carbocycles. The molecule has 0 fully saturated rings. The van der Waals surface area contributed by atoms with Crippen LogP contribution in [-0.2, 0) is 32.1 Å². The molecule has 0 heterocycles. The van der Waals surface area contributed by atoms with Crippen molar-refractivity contribution in [2.24, 2.45) is 0 Å². The van der Waals surface area contributed by atoms with Crippen LogP contribution in [0.2, 0.25) is 0 Å². The van der Waals surface area contributed by atoms with Crippen molar-refractivity contribution >= 4 is 48.7 Å². The van der Waals surface area contributed by atoms with Gasteiger partial charge in [0.25, 0.3) is 0 Å². The maximum Gasteiger partial charge on any atom is 0 e. The van der Waals surface area contributed by atoms with E-state index in [1.54, 1.807) is 0 Å². The second kappa shape index (κ2) is 8.72. The second-order valence-electron chi connectivity index (χ2n) is 0.448. The first-order chi connectivity index (χ1) is 2.00. The molecule has 0 amide bonds. The van der Waals surface area contributed by atoms with Crippen LogP contribution in [0.5, 0.6) is 0 Å². The van der Waals surface area contributed by atoms with Crippen LogP contribution in [0.4, 0.5) is 0 Å². The van der Waals surface area contributed by atoms with Crippen molar-refractivity contribution in [3.8, 4) is 0 Å². The average Bonchev–Trinajstić information content (AvgIpc) is 0.722. The van der Waals surface area contributed by atoms with Gasteiger partial charge in [-0.05, 0) is 11.0 Å². The van der Waals surface area contributed by atoms with E-state index in [1.165, 1.54) is 0 Å². The van der Waals surface area contributed by atoms with Crippen LogP contribution in [-0.4, -0.2) is 55.8 Å². The van der Waals surface area contributed by atoms with Crippen LogP contribution in [0, 0.1) is 0 Å². The molecule has 0 aromatic heterocycles. The Hall–Kier alpha value is 1.72. The van der Waals surface area contributed by atoms with Crippen molar-refractivity contribution in [1.29, 1.82) is 0 Å². The van der Waals surface area contributed by atoms with Crippen molar-refractivity contribution in [2.75, 3.05) is 0 Å². The fourth-order valence-electron chi connectivity index (χ4n) is 0. The van der Waals surface area contributed by atoms with Gasteiger partial charge >= 0.3 is 37.7 Å². The molecule has 8 heavy (non-hydrogen) atoms. The Morgan fingerprint density at radius 3 is 1.12 bits per heavy atom. The Kier molecular flexibility index (Phi) is 24.6. The summed E-state index contributed by atoms with van der Waals surface area (Å²) in [5, 5.41) is 0. The minimum Gasteiger partial charge on any atom is -0.0149 e. The predicted molar refractivity (Wildman–Crippen MR) is 34.1 cm³/mol. The van der Waals surface area contributed by atoms with Gasteiger partial charge in [0, 0.05) is 21.7 Å². The van der Waals surface area contributed by atoms with Crippen molar-refractivity contribution in [3.63, 3.8) is 0 Å². The van der Waals surface area contributed by atoms with Crippen molar-refractivity contribution in [3.05, 3.63) is 0 Å². The molecule has 8 heteroatoms. The zero-order chi connectivity index (χ0) is 4.50. The molecule has 0 rings (SSSR count). The first-order valence-electron chi connectivity index (χ1n) is 0.698. The summed E-state index contributed by atoms with van der Waals surface area (Å²) in [6.07, 6.45) is 0. The minimum atomic E-state index is -4.67. The van der Waals surface area contributed by atoms with E-state index in [0.29, 0.717) is 0 Å². The maximum absolute atomic E-state index is 8.74. The molecule has 0 atom stereocenters. The average molecular weight is 387 g/mol. The van der Waals surface area contributed by atoms with Crippen LogP contribution in [0.1, 0.15) is 0 Å². The summed E-state index contributed by atoms with van der Waals surface area (Å²) in [6, 6.07) is 0. The summed E-state index contributed by atoms with van der Waals surface area (Å²) < 4.78 is 31.6. The molecule has 0 aliphatic heterocycles. The Labute approximate surface area is 87.1 Å². The first-order valence-corrected chi connectivity index (χ1v) is 2.10. The van der Waals surface area contributed by atoms with Gasteiger partial charge in [0.05, 0.1) is 0 Å². The van der Waals surface area contributed by atoms with Crippen molar-refractivity contribution in [2.45, 2.75) is 0 Å². The molecule has 0 aliphatic rings. The molecule has 0 aromatic rings. The van der Waals surface area contributed by atoms with E-state index in [-0.39, 0.29) is 60.0 Å². The third-order valence-corrected chi connectivity index (χ3v) is 0. The second-order valence-corrected chi connectivity index (χ2v) is 1.34. The van der Waals surface area contributed by atoms with Gasteiger partial charge < -0.3 is 0 Å². The molecule has 2 N–H and O–H groups in total. The summed E-state index contributed by atoms with van der Waals surface area (Å²) in [6.45, 7) is 0. The Bertz CT molecular complexity index is 99.2. The van der Waals surface area contributed by atoms with Gasteiger partial charge in [-0.1, -0.05) is 0 Å². The van der Waals surface area contributed by atoms with Crippen molar-refractivity contribution < 1.29 is 39.2 Å². The molecule has 0 bridgehead atoms. The SMILES string of the molecule is O=S(=O)(O)O.[PbH2].[SiH4].[Ti]. The first kappa shape index (κ1) is 22.6. The van der Waals surface area contributed by atoms with Gasteiger partial charge in [0.15, 0.2) is 0 Å². The fraction of sp³-hybridized carbons (Fsp3) is 0. The van der Waals surface area contributed by atoms with Gasteiger partial charge in [0.1, 0.15) is 0 Å². The monoisotopic (exact) mass is 388 g/mol. The van der Waals surface area contributed by atoms with Gasteiger partial charge in [0.2, 0.25) is 0 Å². The summed E-state index contributed by atoms with van der Waals surface area (Å²) in [5.41, 5.74) is 0. The summed E-state index contributed by atoms with van der Waals surface area (Å²) in [5.74, 6) is 0. The zero-order valence-corrected chi connectivity index (χ0v) is 11.2. The van der Waals surface area contributed by atoms with E-state index < -0.39 is 10.4 Å². The largest absolute Gasteiger partial charge is 0.0149 e. The summed E-state index contributed by atoms with van der Waals surface area (Å²) >= 11 is 0. The van der Waals surface area contributed by atoms with E-state index in [4.69, 9.17) is 17.5 Å². The van der Waals surface area contributed by atoms with E-state index >= 15 is 0 Å². The third-order valence-electron chi connectivity index (χ3n) is 0. The smallest absolute Gasteiger partial charge is 0 e. The quantitative estimate of drug-likeness (QED) is 0.343. The molecule has 0 spiro atoms. The normalized spacial score (nSPS) is 7.25. The predicted octanol–water partition coefficient (Wildman–Crippen LogP) is -3.02. The van der Waals surface area contributed by atoms with E-state index in [1.807, 2.05) is 0 Å². The minimum absolute atomic E-state index is 0. The maximum atomic E-state index is 8.74. The number of hydrogen-bond donors (Lipinski definition) is 2. The Morgan fingerprint density at radius 1 is 1.12 bits per heavy atom. The standard InChI is InChI=1S/H2O4S.Pb.H4Si.Ti.2H/c1-5(2,3)4;;;;;/h(H2,1,2,3,4);;1H4;;;. The molecule has 0 aromatic carbocycles. The van der Waals surface area contributed by atoms with E-state index in [0.717, 1.165) is 0 Å². The molecule has 2 radical (unpaired) electrons. The van der Waals surface area contributed by atoms with Crippen LogP contribution in [0.25, 0.3) is 0 Å². The molecular weight excluding hydrogens is 379 g/mol. The molecule has 0 saturated carbocycles. The number of rotatable bonds is 0. The topological polar surface area (TPSA) is 74.6 Å². The molecule has 0 saturated heterocycles. The van der Waals surface area contributed by atoms with E-state index in [9.17, 15) is 0 Å². The van der Waals surface area contributed by atoms with Crippen LogP contribution >= 0.6 is 0 Å². The molecule has 4 nitrogen and oxygen atoms in total. The van der Waals surface area contributed by atoms with Crippen LogP contribution < -0.4 is 0 Å². The van der Waals surface area contributed by atoms with Gasteiger partial charge in [-0.25, -0.2) is 0 Å². The third kappa shape index (κ3) is 118. The fourth-order valence-corrected chi connectivity index (χ4v) is 0. The number of hydrogen-bond acceptors (Lipinski definition) is 2. The van der Waals surface area contributed by atoms with Gasteiger partial charge in [-0.3, -0.25) is 9.11 Å². The van der Waals surface area contributed by atoms with Gasteiger partial charge in [-0.2, -0.15) is 8.42 Å². The zero-order valence-electron chi connectivity index (χ0n) is 3.33. The van der Waals surface area contributed by atoms with Crippen LogP contribution in [0.15, 0.2) is 0 Å².